The summed E-state index contributed by atoms with van der Waals surface area (Å²) in [4.78, 5) is 14.0. The van der Waals surface area contributed by atoms with Gasteiger partial charge in [0.1, 0.15) is 5.75 Å². The summed E-state index contributed by atoms with van der Waals surface area (Å²) < 4.78 is 5.23. The zero-order valence-electron chi connectivity index (χ0n) is 11.5. The predicted octanol–water partition coefficient (Wildman–Crippen LogP) is 1.91. The van der Waals surface area contributed by atoms with Gasteiger partial charge >= 0.3 is 6.03 Å². The maximum absolute atomic E-state index is 12.2. The van der Waals surface area contributed by atoms with Crippen molar-refractivity contribution in [1.29, 1.82) is 0 Å². The highest BCUT2D eigenvalue weighted by atomic mass is 16.5. The van der Waals surface area contributed by atoms with E-state index in [4.69, 9.17) is 4.74 Å². The third-order valence-electron chi connectivity index (χ3n) is 3.49. The van der Waals surface area contributed by atoms with Crippen molar-refractivity contribution in [3.63, 3.8) is 0 Å². The van der Waals surface area contributed by atoms with E-state index in [1.165, 1.54) is 0 Å². The maximum atomic E-state index is 12.2. The molecule has 0 spiro atoms. The molecule has 1 aliphatic rings. The second-order valence-electron chi connectivity index (χ2n) is 4.74. The fourth-order valence-corrected chi connectivity index (χ4v) is 2.28. The summed E-state index contributed by atoms with van der Waals surface area (Å²) in [6, 6.07) is 7.58. The lowest BCUT2D eigenvalue weighted by atomic mass is 10.1. The Labute approximate surface area is 113 Å². The number of nitrogens with zero attached hydrogens (tertiary/aromatic N) is 1. The molecule has 1 atom stereocenters. The second kappa shape index (κ2) is 6.43. The van der Waals surface area contributed by atoms with E-state index in [-0.39, 0.29) is 12.1 Å². The number of para-hydroxylation sites is 2. The van der Waals surface area contributed by atoms with E-state index >= 15 is 0 Å². The molecular formula is C14H21N3O2. The number of ether oxygens (including phenoxy) is 1. The highest BCUT2D eigenvalue weighted by molar-refractivity contribution is 5.91. The Bertz CT molecular complexity index is 430. The van der Waals surface area contributed by atoms with Gasteiger partial charge in [0.2, 0.25) is 0 Å². The van der Waals surface area contributed by atoms with Gasteiger partial charge in [-0.25, -0.2) is 4.79 Å². The van der Waals surface area contributed by atoms with Crippen molar-refractivity contribution in [3.05, 3.63) is 24.3 Å². The fraction of sp³-hybridized carbons (Fsp3) is 0.500. The molecule has 19 heavy (non-hydrogen) atoms. The average molecular weight is 263 g/mol. The van der Waals surface area contributed by atoms with Crippen molar-refractivity contribution in [2.75, 3.05) is 32.6 Å². The molecule has 1 aromatic rings. The van der Waals surface area contributed by atoms with Crippen molar-refractivity contribution in [1.82, 2.24) is 10.2 Å². The SMILES string of the molecule is COc1ccccc1NC(=O)N(C)C1CCCNC1. The Morgan fingerprint density at radius 1 is 1.47 bits per heavy atom. The molecule has 5 heteroatoms. The van der Waals surface area contributed by atoms with E-state index in [0.717, 1.165) is 25.9 Å². The van der Waals surface area contributed by atoms with Crippen LogP contribution in [-0.4, -0.2) is 44.2 Å². The molecule has 0 radical (unpaired) electrons. The van der Waals surface area contributed by atoms with Crippen molar-refractivity contribution in [2.24, 2.45) is 0 Å². The van der Waals surface area contributed by atoms with Crippen LogP contribution in [0.2, 0.25) is 0 Å². The van der Waals surface area contributed by atoms with Crippen LogP contribution in [0, 0.1) is 0 Å². The molecular weight excluding hydrogens is 242 g/mol. The summed E-state index contributed by atoms with van der Waals surface area (Å²) in [5.74, 6) is 0.672. The Balaban J connectivity index is 1.99. The van der Waals surface area contributed by atoms with Crippen molar-refractivity contribution >= 4 is 11.7 Å². The zero-order valence-corrected chi connectivity index (χ0v) is 11.5. The maximum Gasteiger partial charge on any atom is 0.321 e. The number of anilines is 1. The molecule has 0 bridgehead atoms. The normalized spacial score (nSPS) is 18.7. The van der Waals surface area contributed by atoms with Crippen LogP contribution in [0.25, 0.3) is 0 Å². The first-order chi connectivity index (χ1) is 9.22. The van der Waals surface area contributed by atoms with E-state index in [1.54, 1.807) is 12.0 Å². The summed E-state index contributed by atoms with van der Waals surface area (Å²) in [7, 11) is 3.43. The van der Waals surface area contributed by atoms with E-state index in [9.17, 15) is 4.79 Å². The van der Waals surface area contributed by atoms with E-state index in [0.29, 0.717) is 11.4 Å². The molecule has 1 aromatic carbocycles. The quantitative estimate of drug-likeness (QED) is 0.876. The number of nitrogens with one attached hydrogen (secondary N) is 2. The Hall–Kier alpha value is -1.75. The van der Waals surface area contributed by atoms with Gasteiger partial charge in [0.25, 0.3) is 0 Å². The first-order valence-electron chi connectivity index (χ1n) is 6.60. The molecule has 0 aliphatic carbocycles. The first-order valence-corrected chi connectivity index (χ1v) is 6.60. The van der Waals surface area contributed by atoms with Gasteiger partial charge in [0.15, 0.2) is 0 Å². The van der Waals surface area contributed by atoms with Crippen LogP contribution in [0.3, 0.4) is 0 Å². The van der Waals surface area contributed by atoms with Crippen LogP contribution < -0.4 is 15.4 Å². The van der Waals surface area contributed by atoms with Gasteiger partial charge < -0.3 is 20.3 Å². The fourth-order valence-electron chi connectivity index (χ4n) is 2.28. The zero-order chi connectivity index (χ0) is 13.7. The number of likely N-dealkylation sites (N-methyl/N-ethyl adjacent to an activating group) is 1. The monoisotopic (exact) mass is 263 g/mol. The van der Waals surface area contributed by atoms with Crippen LogP contribution in [0.5, 0.6) is 5.75 Å². The molecule has 1 saturated heterocycles. The third-order valence-corrected chi connectivity index (χ3v) is 3.49. The highest BCUT2D eigenvalue weighted by Gasteiger charge is 2.22. The van der Waals surface area contributed by atoms with Crippen LogP contribution in [0.1, 0.15) is 12.8 Å². The molecule has 2 amide bonds. The van der Waals surface area contributed by atoms with E-state index < -0.39 is 0 Å². The smallest absolute Gasteiger partial charge is 0.321 e. The molecule has 1 unspecified atom stereocenters. The van der Waals surface area contributed by atoms with Crippen LogP contribution >= 0.6 is 0 Å². The first kappa shape index (κ1) is 13.7. The Morgan fingerprint density at radius 2 is 2.26 bits per heavy atom. The number of carbonyl (C=O) groups excluding carboxylic acids is 1. The molecule has 104 valence electrons. The molecule has 2 rings (SSSR count). The van der Waals surface area contributed by atoms with Crippen LogP contribution in [0.4, 0.5) is 10.5 Å². The van der Waals surface area contributed by atoms with Gasteiger partial charge in [-0.1, -0.05) is 12.1 Å². The van der Waals surface area contributed by atoms with Crippen LogP contribution in [0.15, 0.2) is 24.3 Å². The molecule has 1 aliphatic heterocycles. The number of hydrogen-bond donors (Lipinski definition) is 2. The van der Waals surface area contributed by atoms with Crippen molar-refractivity contribution in [2.45, 2.75) is 18.9 Å². The number of piperidine rings is 1. The lowest BCUT2D eigenvalue weighted by Crippen LogP contribution is -2.48. The lowest BCUT2D eigenvalue weighted by molar-refractivity contribution is 0.191. The summed E-state index contributed by atoms with van der Waals surface area (Å²) >= 11 is 0. The topological polar surface area (TPSA) is 53.6 Å². The Morgan fingerprint density at radius 3 is 2.95 bits per heavy atom. The van der Waals surface area contributed by atoms with Crippen molar-refractivity contribution in [3.8, 4) is 5.75 Å². The van der Waals surface area contributed by atoms with Crippen molar-refractivity contribution < 1.29 is 9.53 Å². The highest BCUT2D eigenvalue weighted by Crippen LogP contribution is 2.23. The molecule has 5 nitrogen and oxygen atoms in total. The summed E-state index contributed by atoms with van der Waals surface area (Å²) in [5.41, 5.74) is 0.700. The number of urea groups is 1. The number of rotatable bonds is 3. The number of carbonyl (C=O) groups is 1. The second-order valence-corrected chi connectivity index (χ2v) is 4.74. The number of amides is 2. The average Bonchev–Trinajstić information content (AvgIpc) is 2.48. The minimum atomic E-state index is -0.0989. The number of hydrogen-bond acceptors (Lipinski definition) is 3. The third kappa shape index (κ3) is 3.38. The number of methoxy groups -OCH3 is 1. The summed E-state index contributed by atoms with van der Waals surface area (Å²) in [6.07, 6.45) is 2.15. The molecule has 2 N–H and O–H groups in total. The van der Waals surface area contributed by atoms with Gasteiger partial charge in [-0.2, -0.15) is 0 Å². The van der Waals surface area contributed by atoms with Crippen LogP contribution in [-0.2, 0) is 0 Å². The lowest BCUT2D eigenvalue weighted by Gasteiger charge is -2.31. The van der Waals surface area contributed by atoms with E-state index in [1.807, 2.05) is 31.3 Å². The largest absolute Gasteiger partial charge is 0.495 e. The molecule has 0 aromatic heterocycles. The molecule has 1 heterocycles. The predicted molar refractivity (Wildman–Crippen MR) is 75.7 cm³/mol. The van der Waals surface area contributed by atoms with Gasteiger partial charge in [0.05, 0.1) is 12.8 Å². The molecule has 1 fully saturated rings. The van der Waals surface area contributed by atoms with Gasteiger partial charge in [-0.3, -0.25) is 0 Å². The minimum absolute atomic E-state index is 0.0989. The van der Waals surface area contributed by atoms with E-state index in [2.05, 4.69) is 10.6 Å². The number of benzene rings is 1. The van der Waals surface area contributed by atoms with Gasteiger partial charge in [-0.05, 0) is 31.5 Å². The minimum Gasteiger partial charge on any atom is -0.495 e. The Kier molecular flexibility index (Phi) is 4.63. The standard InChI is InChI=1S/C14H21N3O2/c1-17(11-6-5-9-15-10-11)14(18)16-12-7-3-4-8-13(12)19-2/h3-4,7-8,11,15H,5-6,9-10H2,1-2H3,(H,16,18). The van der Waals surface area contributed by atoms with Gasteiger partial charge in [-0.15, -0.1) is 0 Å². The summed E-state index contributed by atoms with van der Waals surface area (Å²) in [5, 5.41) is 6.20. The molecule has 0 saturated carbocycles. The summed E-state index contributed by atoms with van der Waals surface area (Å²) in [6.45, 7) is 1.90. The van der Waals surface area contributed by atoms with Gasteiger partial charge in [0, 0.05) is 19.6 Å².